The Morgan fingerprint density at radius 3 is 2.08 bits per heavy atom. The predicted molar refractivity (Wildman–Crippen MR) is 156 cm³/mol. The van der Waals surface area contributed by atoms with Crippen LogP contribution in [0.15, 0.2) is 97.1 Å². The molecule has 4 aromatic rings. The highest BCUT2D eigenvalue weighted by Crippen LogP contribution is 2.32. The lowest BCUT2D eigenvalue weighted by atomic mass is 10.0. The first-order valence-electron chi connectivity index (χ1n) is 12.9. The zero-order valence-electron chi connectivity index (χ0n) is 21.7. The maximum Gasteiger partial charge on any atom is 0.243 e. The topological polar surface area (TPSA) is 67.9 Å². The van der Waals surface area contributed by atoms with Crippen LogP contribution in [0, 0.1) is 0 Å². The monoisotopic (exact) mass is 574 g/mol. The van der Waals surface area contributed by atoms with E-state index in [1.54, 1.807) is 29.2 Å². The molecule has 0 bridgehead atoms. The van der Waals surface area contributed by atoms with Gasteiger partial charge in [0.05, 0.1) is 6.42 Å². The molecule has 5 rings (SSSR count). The highest BCUT2D eigenvalue weighted by atomic mass is 35.5. The summed E-state index contributed by atoms with van der Waals surface area (Å²) in [4.78, 5) is 29.4. The third kappa shape index (κ3) is 7.14. The van der Waals surface area contributed by atoms with Gasteiger partial charge in [-0.3, -0.25) is 9.59 Å². The molecule has 1 N–H and O–H groups in total. The number of carbonyl (C=O) groups excluding carboxylic acids is 2. The van der Waals surface area contributed by atoms with E-state index < -0.39 is 6.04 Å². The predicted octanol–water partition coefficient (Wildman–Crippen LogP) is 6.22. The fraction of sp³-hybridized carbons (Fsp3) is 0.188. The Balaban J connectivity index is 1.42. The number of rotatable bonds is 10. The van der Waals surface area contributed by atoms with E-state index in [-0.39, 0.29) is 38.1 Å². The lowest BCUT2D eigenvalue weighted by Crippen LogP contribution is -2.50. The number of hydrogen-bond donors (Lipinski definition) is 1. The second-order valence-electron chi connectivity index (χ2n) is 9.56. The third-order valence-corrected chi connectivity index (χ3v) is 7.21. The molecule has 8 heteroatoms. The van der Waals surface area contributed by atoms with E-state index in [4.69, 9.17) is 32.7 Å². The molecule has 1 aliphatic heterocycles. The van der Waals surface area contributed by atoms with Gasteiger partial charge in [-0.2, -0.15) is 0 Å². The van der Waals surface area contributed by atoms with Gasteiger partial charge in [0, 0.05) is 29.6 Å². The number of halogens is 2. The first-order chi connectivity index (χ1) is 19.4. The van der Waals surface area contributed by atoms with Gasteiger partial charge in [-0.1, -0.05) is 83.9 Å². The van der Waals surface area contributed by atoms with Gasteiger partial charge in [-0.05, 0) is 58.7 Å². The minimum Gasteiger partial charge on any atom is -0.454 e. The second-order valence-corrected chi connectivity index (χ2v) is 10.4. The summed E-state index contributed by atoms with van der Waals surface area (Å²) in [5.41, 5.74) is 3.50. The average Bonchev–Trinajstić information content (AvgIpc) is 3.44. The van der Waals surface area contributed by atoms with Crippen molar-refractivity contribution < 1.29 is 19.1 Å². The third-order valence-electron chi connectivity index (χ3n) is 6.71. The fourth-order valence-electron chi connectivity index (χ4n) is 4.58. The summed E-state index contributed by atoms with van der Waals surface area (Å²) in [6.07, 6.45) is 0.485. The van der Waals surface area contributed by atoms with E-state index in [9.17, 15) is 9.59 Å². The van der Waals surface area contributed by atoms with Gasteiger partial charge < -0.3 is 19.7 Å². The average molecular weight is 575 g/mol. The summed E-state index contributed by atoms with van der Waals surface area (Å²) in [6, 6.07) is 29.0. The maximum absolute atomic E-state index is 13.9. The standard InChI is InChI=1S/C32H28Cl2N2O4/c33-26-11-6-23(7-12-26)18-31(37)36(20-24-8-13-27(34)14-9-24)28(16-22-4-2-1-3-5-22)32(38)35-19-25-10-15-29-30(17-25)40-21-39-29/h1-15,17,28H,16,18-21H2,(H,35,38)/t28-/m0/s1. The molecule has 6 nitrogen and oxygen atoms in total. The quantitative estimate of drug-likeness (QED) is 0.244. The highest BCUT2D eigenvalue weighted by Gasteiger charge is 2.30. The zero-order chi connectivity index (χ0) is 27.9. The van der Waals surface area contributed by atoms with Crippen LogP contribution in [-0.4, -0.2) is 29.5 Å². The zero-order valence-corrected chi connectivity index (χ0v) is 23.2. The van der Waals surface area contributed by atoms with Gasteiger partial charge in [0.25, 0.3) is 0 Å². The van der Waals surface area contributed by atoms with Crippen LogP contribution in [0.3, 0.4) is 0 Å². The normalized spacial score (nSPS) is 12.6. The summed E-state index contributed by atoms with van der Waals surface area (Å²) >= 11 is 12.2. The molecule has 2 amide bonds. The molecule has 0 saturated carbocycles. The Bertz CT molecular complexity index is 1460. The van der Waals surface area contributed by atoms with Gasteiger partial charge in [-0.15, -0.1) is 0 Å². The van der Waals surface area contributed by atoms with Crippen LogP contribution in [0.4, 0.5) is 0 Å². The molecule has 1 aliphatic rings. The number of ether oxygens (including phenoxy) is 2. The molecular weight excluding hydrogens is 547 g/mol. The molecule has 0 aromatic heterocycles. The van der Waals surface area contributed by atoms with Gasteiger partial charge in [0.15, 0.2) is 11.5 Å². The summed E-state index contributed by atoms with van der Waals surface area (Å²) in [7, 11) is 0. The molecule has 0 saturated heterocycles. The number of benzene rings is 4. The molecule has 0 aliphatic carbocycles. The number of amides is 2. The van der Waals surface area contributed by atoms with Crippen molar-refractivity contribution in [2.75, 3.05) is 6.79 Å². The number of fused-ring (bicyclic) bond motifs is 1. The van der Waals surface area contributed by atoms with E-state index in [1.807, 2.05) is 72.8 Å². The molecule has 40 heavy (non-hydrogen) atoms. The van der Waals surface area contributed by atoms with Crippen LogP contribution in [0.2, 0.25) is 10.0 Å². The molecule has 204 valence electrons. The minimum atomic E-state index is -0.758. The number of carbonyl (C=O) groups is 2. The smallest absolute Gasteiger partial charge is 0.243 e. The number of nitrogens with one attached hydrogen (secondary N) is 1. The van der Waals surface area contributed by atoms with Crippen LogP contribution in [-0.2, 0) is 35.5 Å². The second kappa shape index (κ2) is 12.9. The van der Waals surface area contributed by atoms with E-state index in [1.165, 1.54) is 0 Å². The van der Waals surface area contributed by atoms with Gasteiger partial charge in [0.1, 0.15) is 6.04 Å². The van der Waals surface area contributed by atoms with Crippen molar-refractivity contribution in [1.82, 2.24) is 10.2 Å². The van der Waals surface area contributed by atoms with Crippen LogP contribution in [0.1, 0.15) is 22.3 Å². The first kappa shape index (κ1) is 27.6. The van der Waals surface area contributed by atoms with E-state index >= 15 is 0 Å². The highest BCUT2D eigenvalue weighted by molar-refractivity contribution is 6.30. The van der Waals surface area contributed by atoms with Crippen molar-refractivity contribution >= 4 is 35.0 Å². The molecule has 0 fully saturated rings. The van der Waals surface area contributed by atoms with Crippen molar-refractivity contribution in [2.45, 2.75) is 32.0 Å². The molecule has 1 heterocycles. The van der Waals surface area contributed by atoms with Gasteiger partial charge in [-0.25, -0.2) is 0 Å². The molecule has 0 unspecified atom stereocenters. The summed E-state index contributed by atoms with van der Waals surface area (Å²) in [6.45, 7) is 0.707. The SMILES string of the molecule is O=C(NCc1ccc2c(c1)OCO2)[C@H](Cc1ccccc1)N(Cc1ccc(Cl)cc1)C(=O)Cc1ccc(Cl)cc1. The lowest BCUT2D eigenvalue weighted by Gasteiger charge is -2.32. The van der Waals surface area contributed by atoms with Crippen LogP contribution < -0.4 is 14.8 Å². The molecule has 0 spiro atoms. The Labute approximate surface area is 243 Å². The minimum absolute atomic E-state index is 0.130. The number of hydrogen-bond acceptors (Lipinski definition) is 4. The largest absolute Gasteiger partial charge is 0.454 e. The Morgan fingerprint density at radius 2 is 1.38 bits per heavy atom. The first-order valence-corrected chi connectivity index (χ1v) is 13.7. The number of nitrogens with zero attached hydrogens (tertiary/aromatic N) is 1. The van der Waals surface area contributed by atoms with Crippen LogP contribution in [0.25, 0.3) is 0 Å². The lowest BCUT2D eigenvalue weighted by molar-refractivity contribution is -0.140. The van der Waals surface area contributed by atoms with Gasteiger partial charge in [0.2, 0.25) is 18.6 Å². The Kier molecular flexibility index (Phi) is 8.89. The summed E-state index contributed by atoms with van der Waals surface area (Å²) in [5.74, 6) is 0.908. The van der Waals surface area contributed by atoms with Crippen molar-refractivity contribution in [3.63, 3.8) is 0 Å². The van der Waals surface area contributed by atoms with E-state index in [0.717, 1.165) is 22.3 Å². The van der Waals surface area contributed by atoms with Crippen molar-refractivity contribution in [2.24, 2.45) is 0 Å². The van der Waals surface area contributed by atoms with Crippen LogP contribution in [0.5, 0.6) is 11.5 Å². The van der Waals surface area contributed by atoms with Gasteiger partial charge >= 0.3 is 0 Å². The van der Waals surface area contributed by atoms with Crippen molar-refractivity contribution in [3.8, 4) is 11.5 Å². The molecule has 1 atom stereocenters. The Morgan fingerprint density at radius 1 is 0.750 bits per heavy atom. The molecule has 4 aromatic carbocycles. The van der Waals surface area contributed by atoms with Crippen molar-refractivity contribution in [3.05, 3.63) is 129 Å². The van der Waals surface area contributed by atoms with Crippen LogP contribution >= 0.6 is 23.2 Å². The maximum atomic E-state index is 13.9. The summed E-state index contributed by atoms with van der Waals surface area (Å²) in [5, 5.41) is 4.24. The Hall–Kier alpha value is -4.00. The van der Waals surface area contributed by atoms with Crippen molar-refractivity contribution in [1.29, 1.82) is 0 Å². The molecule has 0 radical (unpaired) electrons. The fourth-order valence-corrected chi connectivity index (χ4v) is 4.83. The van der Waals surface area contributed by atoms with E-state index in [2.05, 4.69) is 5.32 Å². The van der Waals surface area contributed by atoms with E-state index in [0.29, 0.717) is 28.0 Å². The molecular formula is C32H28Cl2N2O4. The summed E-state index contributed by atoms with van der Waals surface area (Å²) < 4.78 is 10.9.